The molecule has 4 rings (SSSR count). The van der Waals surface area contributed by atoms with Crippen molar-refractivity contribution >= 4 is 24.1 Å². The molecule has 34 heavy (non-hydrogen) atoms. The number of anilines is 1. The first-order chi connectivity index (χ1) is 16.4. The number of hydrogen-bond donors (Lipinski definition) is 3. The van der Waals surface area contributed by atoms with Gasteiger partial charge in [0.2, 0.25) is 0 Å². The summed E-state index contributed by atoms with van der Waals surface area (Å²) < 4.78 is 20.9. The molecule has 11 heteroatoms. The summed E-state index contributed by atoms with van der Waals surface area (Å²) >= 11 is 0. The van der Waals surface area contributed by atoms with E-state index in [2.05, 4.69) is 32.8 Å². The van der Waals surface area contributed by atoms with Gasteiger partial charge in [0.1, 0.15) is 23.5 Å². The average molecular weight is 472 g/mol. The van der Waals surface area contributed by atoms with E-state index in [1.165, 1.54) is 5.01 Å². The third-order valence-corrected chi connectivity index (χ3v) is 6.30. The first-order valence-corrected chi connectivity index (χ1v) is 11.4. The van der Waals surface area contributed by atoms with Crippen LogP contribution in [0.4, 0.5) is 10.1 Å². The summed E-state index contributed by atoms with van der Waals surface area (Å²) in [5.41, 5.74) is 0.460. The van der Waals surface area contributed by atoms with Gasteiger partial charge in [0.15, 0.2) is 5.84 Å². The molecule has 0 aromatic carbocycles. The fraction of sp³-hybridized carbons (Fsp3) is 0.478. The predicted molar refractivity (Wildman–Crippen MR) is 128 cm³/mol. The summed E-state index contributed by atoms with van der Waals surface area (Å²) in [6.07, 6.45) is 5.22. The van der Waals surface area contributed by atoms with Crippen molar-refractivity contribution in [1.82, 2.24) is 20.2 Å². The molecule has 1 saturated carbocycles. The third-order valence-electron chi connectivity index (χ3n) is 6.30. The van der Waals surface area contributed by atoms with Gasteiger partial charge in [-0.05, 0) is 44.7 Å². The number of amides is 1. The highest BCUT2D eigenvalue weighted by Crippen LogP contribution is 2.24. The summed E-state index contributed by atoms with van der Waals surface area (Å²) in [7, 11) is 1.58. The summed E-state index contributed by atoms with van der Waals surface area (Å²) in [5.74, 6) is 0.732. The van der Waals surface area contributed by atoms with E-state index in [1.807, 2.05) is 0 Å². The molecule has 0 bridgehead atoms. The maximum Gasteiger partial charge on any atom is 0.274 e. The molecule has 182 valence electrons. The highest BCUT2D eigenvalue weighted by atomic mass is 19.1. The number of ether oxygens (including phenoxy) is 1. The van der Waals surface area contributed by atoms with Crippen molar-refractivity contribution in [2.45, 2.75) is 50.9 Å². The van der Waals surface area contributed by atoms with Gasteiger partial charge >= 0.3 is 0 Å². The molecular formula is C23H30FN7O3. The molecule has 1 amide bonds. The molecular weight excluding hydrogens is 441 g/mol. The maximum atomic E-state index is 13.7. The number of alkyl halides is 1. The number of amidine groups is 1. The van der Waals surface area contributed by atoms with E-state index >= 15 is 0 Å². The average Bonchev–Trinajstić information content (AvgIpc) is 2.86. The fourth-order valence-electron chi connectivity index (χ4n) is 4.13. The van der Waals surface area contributed by atoms with Crippen LogP contribution in [0.25, 0.3) is 0 Å². The van der Waals surface area contributed by atoms with Crippen LogP contribution in [-0.2, 0) is 9.53 Å². The Labute approximate surface area is 197 Å². The molecule has 3 N–H and O–H groups in total. The van der Waals surface area contributed by atoms with E-state index in [9.17, 15) is 14.0 Å². The van der Waals surface area contributed by atoms with Crippen LogP contribution >= 0.6 is 0 Å². The van der Waals surface area contributed by atoms with Crippen molar-refractivity contribution in [1.29, 1.82) is 0 Å². The van der Waals surface area contributed by atoms with Crippen molar-refractivity contribution in [2.75, 3.05) is 25.6 Å². The molecule has 0 unspecified atom stereocenters. The normalized spacial score (nSPS) is 27.3. The smallest absolute Gasteiger partial charge is 0.274 e. The van der Waals surface area contributed by atoms with Gasteiger partial charge in [-0.2, -0.15) is 10.1 Å². The second kappa shape index (κ2) is 10.2. The van der Waals surface area contributed by atoms with Crippen molar-refractivity contribution in [3.63, 3.8) is 0 Å². The number of nitrogens with zero attached hydrogens (tertiary/aromatic N) is 4. The zero-order valence-electron chi connectivity index (χ0n) is 19.4. The minimum absolute atomic E-state index is 0.0169. The zero-order valence-corrected chi connectivity index (χ0v) is 19.4. The van der Waals surface area contributed by atoms with Crippen molar-refractivity contribution in [3.05, 3.63) is 52.0 Å². The Kier molecular flexibility index (Phi) is 7.11. The molecule has 2 fully saturated rings. The Bertz CT molecular complexity index is 1100. The summed E-state index contributed by atoms with van der Waals surface area (Å²) in [6, 6.07) is 2.98. The van der Waals surface area contributed by atoms with Crippen LogP contribution in [0, 0.1) is 0 Å². The Balaban J connectivity index is 1.60. The standard InChI is InChI=1S/C23H30FN7O3/c1-14(22(32)28-17-9-8-16(17)24)21-29-19(12-20(25-2)31(21)26-3)27-18-7-4-10-30(23(18)33)15-6-5-11-34-13-15/h4,7,10,12,15-17,27,29H,3,5-6,8-9,11,13H2,1-2H3,(H,28,32)/b21-14+,25-20?/t15-,16+,17+/m0/s1. The van der Waals surface area contributed by atoms with Gasteiger partial charge in [-0.25, -0.2) is 4.39 Å². The maximum absolute atomic E-state index is 13.7. The molecule has 10 nitrogen and oxygen atoms in total. The number of hydrazone groups is 1. The first-order valence-electron chi connectivity index (χ1n) is 11.4. The minimum atomic E-state index is -1.03. The Morgan fingerprint density at radius 3 is 2.79 bits per heavy atom. The third kappa shape index (κ3) is 4.74. The van der Waals surface area contributed by atoms with Gasteiger partial charge in [-0.3, -0.25) is 14.6 Å². The molecule has 0 spiro atoms. The Morgan fingerprint density at radius 1 is 1.35 bits per heavy atom. The van der Waals surface area contributed by atoms with Crippen molar-refractivity contribution in [3.8, 4) is 0 Å². The van der Waals surface area contributed by atoms with E-state index in [4.69, 9.17) is 4.74 Å². The lowest BCUT2D eigenvalue weighted by atomic mass is 9.90. The number of aromatic nitrogens is 1. The van der Waals surface area contributed by atoms with E-state index in [0.717, 1.165) is 12.8 Å². The molecule has 0 radical (unpaired) electrons. The topological polar surface area (TPSA) is 112 Å². The summed E-state index contributed by atoms with van der Waals surface area (Å²) in [6.45, 7) is 6.39. The van der Waals surface area contributed by atoms with Crippen LogP contribution in [0.5, 0.6) is 0 Å². The minimum Gasteiger partial charge on any atom is -0.379 e. The first kappa shape index (κ1) is 23.7. The Hall–Kier alpha value is -3.47. The van der Waals surface area contributed by atoms with Gasteiger partial charge < -0.3 is 25.3 Å². The monoisotopic (exact) mass is 471 g/mol. The Morgan fingerprint density at radius 2 is 2.18 bits per heavy atom. The molecule has 1 aromatic heterocycles. The van der Waals surface area contributed by atoms with E-state index in [-0.39, 0.29) is 17.2 Å². The number of carbonyl (C=O) groups is 1. The van der Waals surface area contributed by atoms with Crippen LogP contribution in [0.3, 0.4) is 0 Å². The predicted octanol–water partition coefficient (Wildman–Crippen LogP) is 1.85. The van der Waals surface area contributed by atoms with Crippen molar-refractivity contribution < 1.29 is 13.9 Å². The lowest BCUT2D eigenvalue weighted by molar-refractivity contribution is -0.119. The van der Waals surface area contributed by atoms with Gasteiger partial charge in [0, 0.05) is 32.6 Å². The molecule has 3 aliphatic rings. The molecule has 3 atom stereocenters. The second-order valence-electron chi connectivity index (χ2n) is 8.50. The van der Waals surface area contributed by atoms with Gasteiger partial charge in [0.25, 0.3) is 11.5 Å². The largest absolute Gasteiger partial charge is 0.379 e. The number of rotatable bonds is 6. The van der Waals surface area contributed by atoms with Crippen LogP contribution < -0.4 is 21.5 Å². The van der Waals surface area contributed by atoms with Gasteiger partial charge in [-0.15, -0.1) is 0 Å². The second-order valence-corrected chi connectivity index (χ2v) is 8.50. The van der Waals surface area contributed by atoms with Gasteiger partial charge in [0.05, 0.1) is 24.3 Å². The SMILES string of the molecule is C=NN1C(=NC)C=C(Nc2cccn([C@H]3CCCOC3)c2=O)N/C1=C(/C)C(=O)N[C@@H]1CC[C@H]1F. The number of pyridine rings is 1. The number of nitrogens with one attached hydrogen (secondary N) is 3. The number of carbonyl (C=O) groups excluding carboxylic acids is 1. The lowest BCUT2D eigenvalue weighted by Crippen LogP contribution is -2.49. The quantitative estimate of drug-likeness (QED) is 0.431. The number of aliphatic imine (C=N–C) groups is 1. The molecule has 1 aliphatic carbocycles. The fourth-order valence-corrected chi connectivity index (χ4v) is 4.13. The molecule has 2 aliphatic heterocycles. The van der Waals surface area contributed by atoms with Crippen LogP contribution in [0.2, 0.25) is 0 Å². The van der Waals surface area contributed by atoms with Crippen LogP contribution in [0.15, 0.2) is 56.5 Å². The molecule has 3 heterocycles. The lowest BCUT2D eigenvalue weighted by Gasteiger charge is -2.33. The summed E-state index contributed by atoms with van der Waals surface area (Å²) in [4.78, 5) is 30.1. The number of halogens is 1. The number of hydrogen-bond acceptors (Lipinski definition) is 7. The van der Waals surface area contributed by atoms with E-state index in [0.29, 0.717) is 49.2 Å². The van der Waals surface area contributed by atoms with Crippen LogP contribution in [0.1, 0.15) is 38.6 Å². The van der Waals surface area contributed by atoms with Crippen molar-refractivity contribution in [2.24, 2.45) is 10.1 Å². The van der Waals surface area contributed by atoms with E-state index < -0.39 is 18.1 Å². The molecule has 1 saturated heterocycles. The van der Waals surface area contributed by atoms with Gasteiger partial charge in [-0.1, -0.05) is 0 Å². The highest BCUT2D eigenvalue weighted by Gasteiger charge is 2.33. The van der Waals surface area contributed by atoms with Crippen LogP contribution in [-0.4, -0.2) is 60.5 Å². The zero-order chi connectivity index (χ0) is 24.2. The highest BCUT2D eigenvalue weighted by molar-refractivity contribution is 5.99. The molecule has 1 aromatic rings. The van der Waals surface area contributed by atoms with E-state index in [1.54, 1.807) is 42.9 Å². The summed E-state index contributed by atoms with van der Waals surface area (Å²) in [5, 5.41) is 14.3.